The van der Waals surface area contributed by atoms with Gasteiger partial charge in [-0.05, 0) is 38.6 Å². The van der Waals surface area contributed by atoms with E-state index in [0.29, 0.717) is 32.2 Å². The molecule has 0 unspecified atom stereocenters. The molecule has 0 saturated carbocycles. The van der Waals surface area contributed by atoms with Gasteiger partial charge in [0.2, 0.25) is 0 Å². The summed E-state index contributed by atoms with van der Waals surface area (Å²) in [7, 11) is -3.17. The molecule has 0 aromatic heterocycles. The van der Waals surface area contributed by atoms with E-state index in [9.17, 15) is 8.42 Å². The van der Waals surface area contributed by atoms with Crippen LogP contribution in [0.5, 0.6) is 0 Å². The van der Waals surface area contributed by atoms with Gasteiger partial charge >= 0.3 is 0 Å². The average Bonchev–Trinajstić information content (AvgIpc) is 2.91. The first-order valence-electron chi connectivity index (χ1n) is 7.13. The van der Waals surface area contributed by atoms with E-state index >= 15 is 0 Å². The smallest absolute Gasteiger partial charge is 0.281 e. The summed E-state index contributed by atoms with van der Waals surface area (Å²) in [5.74, 6) is 0. The standard InChI is InChI=1S/C12H25N3O2S/c1-2-7-13-12-5-10-15(11-6-12)18(16,17)14-8-3-4-9-14/h12-13H,2-11H2,1H3. The molecule has 0 atom stereocenters. The Bertz CT molecular complexity index is 344. The molecule has 0 aromatic carbocycles. The lowest BCUT2D eigenvalue weighted by Gasteiger charge is -2.34. The van der Waals surface area contributed by atoms with Crippen LogP contribution in [-0.2, 0) is 10.2 Å². The Labute approximate surface area is 111 Å². The van der Waals surface area contributed by atoms with Gasteiger partial charge in [-0.2, -0.15) is 17.0 Å². The van der Waals surface area contributed by atoms with Gasteiger partial charge in [-0.15, -0.1) is 0 Å². The maximum absolute atomic E-state index is 12.3. The lowest BCUT2D eigenvalue weighted by Crippen LogP contribution is -2.49. The minimum Gasteiger partial charge on any atom is -0.314 e. The highest BCUT2D eigenvalue weighted by atomic mass is 32.2. The number of nitrogens with one attached hydrogen (secondary N) is 1. The molecule has 106 valence electrons. The van der Waals surface area contributed by atoms with Crippen LogP contribution in [0, 0.1) is 0 Å². The van der Waals surface area contributed by atoms with Crippen molar-refractivity contribution in [3.05, 3.63) is 0 Å². The Morgan fingerprint density at radius 3 is 2.17 bits per heavy atom. The Morgan fingerprint density at radius 2 is 1.61 bits per heavy atom. The monoisotopic (exact) mass is 275 g/mol. The average molecular weight is 275 g/mol. The van der Waals surface area contributed by atoms with Gasteiger partial charge in [0.1, 0.15) is 0 Å². The molecule has 5 nitrogen and oxygen atoms in total. The highest BCUT2D eigenvalue weighted by Gasteiger charge is 2.33. The zero-order chi connectivity index (χ0) is 13.0. The largest absolute Gasteiger partial charge is 0.314 e. The van der Waals surface area contributed by atoms with Crippen molar-refractivity contribution in [3.8, 4) is 0 Å². The predicted octanol–water partition coefficient (Wildman–Crippen LogP) is 0.791. The molecule has 0 aromatic rings. The first-order chi connectivity index (χ1) is 8.64. The van der Waals surface area contributed by atoms with E-state index in [1.54, 1.807) is 8.61 Å². The van der Waals surface area contributed by atoms with Crippen LogP contribution in [0.3, 0.4) is 0 Å². The number of hydrogen-bond acceptors (Lipinski definition) is 3. The van der Waals surface area contributed by atoms with E-state index in [1.807, 2.05) is 0 Å². The fourth-order valence-corrected chi connectivity index (χ4v) is 4.44. The molecule has 1 N–H and O–H groups in total. The van der Waals surface area contributed by atoms with E-state index in [0.717, 1.165) is 38.6 Å². The molecular formula is C12H25N3O2S. The van der Waals surface area contributed by atoms with Crippen LogP contribution in [0.4, 0.5) is 0 Å². The van der Waals surface area contributed by atoms with E-state index < -0.39 is 10.2 Å². The molecule has 2 saturated heterocycles. The summed E-state index contributed by atoms with van der Waals surface area (Å²) in [6.45, 7) is 5.93. The Balaban J connectivity index is 1.85. The Morgan fingerprint density at radius 1 is 1.06 bits per heavy atom. The van der Waals surface area contributed by atoms with Gasteiger partial charge in [-0.3, -0.25) is 0 Å². The first-order valence-corrected chi connectivity index (χ1v) is 8.53. The second-order valence-electron chi connectivity index (χ2n) is 5.24. The van der Waals surface area contributed by atoms with Crippen molar-refractivity contribution in [2.45, 2.75) is 45.1 Å². The molecule has 0 aliphatic carbocycles. The van der Waals surface area contributed by atoms with Crippen LogP contribution in [-0.4, -0.2) is 55.8 Å². The van der Waals surface area contributed by atoms with Crippen molar-refractivity contribution in [1.82, 2.24) is 13.9 Å². The summed E-state index contributed by atoms with van der Waals surface area (Å²) in [6.07, 6.45) is 5.02. The van der Waals surface area contributed by atoms with Gasteiger partial charge in [-0.1, -0.05) is 6.92 Å². The minimum atomic E-state index is -3.17. The SMILES string of the molecule is CCCNC1CCN(S(=O)(=O)N2CCCC2)CC1. The summed E-state index contributed by atoms with van der Waals surface area (Å²) >= 11 is 0. The van der Waals surface area contributed by atoms with Crippen LogP contribution in [0.2, 0.25) is 0 Å². The normalized spacial score (nSPS) is 24.7. The van der Waals surface area contributed by atoms with Gasteiger partial charge in [0.25, 0.3) is 10.2 Å². The quantitative estimate of drug-likeness (QED) is 0.807. The minimum absolute atomic E-state index is 0.495. The summed E-state index contributed by atoms with van der Waals surface area (Å²) in [5, 5.41) is 3.48. The van der Waals surface area contributed by atoms with E-state index in [-0.39, 0.29) is 0 Å². The molecule has 2 fully saturated rings. The second kappa shape index (κ2) is 6.32. The molecule has 0 spiro atoms. The number of rotatable bonds is 5. The van der Waals surface area contributed by atoms with Crippen LogP contribution >= 0.6 is 0 Å². The summed E-state index contributed by atoms with van der Waals surface area (Å²) in [5.41, 5.74) is 0. The van der Waals surface area contributed by atoms with Crippen molar-refractivity contribution >= 4 is 10.2 Å². The van der Waals surface area contributed by atoms with E-state index in [1.165, 1.54) is 0 Å². The maximum Gasteiger partial charge on any atom is 0.281 e. The second-order valence-corrected chi connectivity index (χ2v) is 7.17. The molecule has 0 bridgehead atoms. The third-order valence-corrected chi connectivity index (χ3v) is 5.89. The van der Waals surface area contributed by atoms with Gasteiger partial charge in [0.15, 0.2) is 0 Å². The molecule has 6 heteroatoms. The molecular weight excluding hydrogens is 250 g/mol. The number of nitrogens with zero attached hydrogens (tertiary/aromatic N) is 2. The van der Waals surface area contributed by atoms with Crippen LogP contribution < -0.4 is 5.32 Å². The van der Waals surface area contributed by atoms with Crippen molar-refractivity contribution in [2.24, 2.45) is 0 Å². The number of hydrogen-bond donors (Lipinski definition) is 1. The molecule has 2 rings (SSSR count). The number of piperidine rings is 1. The van der Waals surface area contributed by atoms with Gasteiger partial charge < -0.3 is 5.32 Å². The topological polar surface area (TPSA) is 52.7 Å². The lowest BCUT2D eigenvalue weighted by atomic mass is 10.1. The highest BCUT2D eigenvalue weighted by molar-refractivity contribution is 7.86. The molecule has 18 heavy (non-hydrogen) atoms. The fourth-order valence-electron chi connectivity index (χ4n) is 2.72. The summed E-state index contributed by atoms with van der Waals surface area (Å²) in [4.78, 5) is 0. The molecule has 0 amide bonds. The molecule has 2 aliphatic heterocycles. The zero-order valence-electron chi connectivity index (χ0n) is 11.3. The van der Waals surface area contributed by atoms with Crippen molar-refractivity contribution in [3.63, 3.8) is 0 Å². The van der Waals surface area contributed by atoms with Crippen LogP contribution in [0.15, 0.2) is 0 Å². The molecule has 0 radical (unpaired) electrons. The maximum atomic E-state index is 12.3. The molecule has 2 heterocycles. The predicted molar refractivity (Wildman–Crippen MR) is 72.6 cm³/mol. The highest BCUT2D eigenvalue weighted by Crippen LogP contribution is 2.20. The molecule has 2 aliphatic rings. The van der Waals surface area contributed by atoms with Gasteiger partial charge in [0, 0.05) is 32.2 Å². The Hall–Kier alpha value is -0.170. The van der Waals surface area contributed by atoms with Crippen molar-refractivity contribution in [2.75, 3.05) is 32.7 Å². The third-order valence-electron chi connectivity index (χ3n) is 3.85. The lowest BCUT2D eigenvalue weighted by molar-refractivity contribution is 0.273. The first kappa shape index (κ1) is 14.2. The van der Waals surface area contributed by atoms with Crippen LogP contribution in [0.25, 0.3) is 0 Å². The van der Waals surface area contributed by atoms with Crippen molar-refractivity contribution in [1.29, 1.82) is 0 Å². The Kier molecular flexibility index (Phi) is 5.00. The van der Waals surface area contributed by atoms with E-state index in [2.05, 4.69) is 12.2 Å². The van der Waals surface area contributed by atoms with Gasteiger partial charge in [-0.25, -0.2) is 0 Å². The van der Waals surface area contributed by atoms with Crippen LogP contribution in [0.1, 0.15) is 39.0 Å². The van der Waals surface area contributed by atoms with Gasteiger partial charge in [0.05, 0.1) is 0 Å². The summed E-state index contributed by atoms with van der Waals surface area (Å²) in [6, 6.07) is 0.495. The van der Waals surface area contributed by atoms with Crippen molar-refractivity contribution < 1.29 is 8.42 Å². The third kappa shape index (κ3) is 3.23. The van der Waals surface area contributed by atoms with E-state index in [4.69, 9.17) is 0 Å². The summed E-state index contributed by atoms with van der Waals surface area (Å²) < 4.78 is 28.0. The fraction of sp³-hybridized carbons (Fsp3) is 1.00. The zero-order valence-corrected chi connectivity index (χ0v) is 12.1.